The van der Waals surface area contributed by atoms with Gasteiger partial charge in [-0.05, 0) is 100 Å². The lowest BCUT2D eigenvalue weighted by Gasteiger charge is -2.57. The number of carbonyl (C=O) groups excluding carboxylic acids is 1. The molecule has 2 aliphatic carbocycles. The van der Waals surface area contributed by atoms with E-state index < -0.39 is 0 Å². The number of fused-ring (bicyclic) bond motifs is 1. The van der Waals surface area contributed by atoms with Gasteiger partial charge in [-0.15, -0.1) is 0 Å². The number of ether oxygens (including phenoxy) is 1. The van der Waals surface area contributed by atoms with Gasteiger partial charge in [0.2, 0.25) is 0 Å². The summed E-state index contributed by atoms with van der Waals surface area (Å²) in [4.78, 5) is 15.4. The molecule has 4 atom stereocenters. The molecule has 0 unspecified atom stereocenters. The van der Waals surface area contributed by atoms with Gasteiger partial charge < -0.3 is 9.15 Å². The molecular formula is C28H43NO3. The number of nitrogens with zero attached hydrogens (tertiary/aromatic N) is 1. The van der Waals surface area contributed by atoms with Gasteiger partial charge in [-0.2, -0.15) is 0 Å². The van der Waals surface area contributed by atoms with Crippen LogP contribution in [0.3, 0.4) is 0 Å². The number of esters is 1. The molecule has 1 aromatic heterocycles. The maximum absolute atomic E-state index is 12.8. The molecule has 32 heavy (non-hydrogen) atoms. The third-order valence-corrected chi connectivity index (χ3v) is 9.28. The number of likely N-dealkylation sites (tertiary alicyclic amines) is 1. The number of aryl methyl sites for hydroxylation is 1. The maximum atomic E-state index is 12.8. The van der Waals surface area contributed by atoms with E-state index >= 15 is 0 Å². The minimum absolute atomic E-state index is 0.0192. The summed E-state index contributed by atoms with van der Waals surface area (Å²) in [7, 11) is 1.55. The lowest BCUT2D eigenvalue weighted by atomic mass is 9.46. The Hall–Kier alpha value is -1.55. The van der Waals surface area contributed by atoms with Crippen molar-refractivity contribution in [3.05, 3.63) is 35.8 Å². The number of furan rings is 1. The molecule has 3 fully saturated rings. The Kier molecular flexibility index (Phi) is 7.19. The first-order chi connectivity index (χ1) is 15.4. The molecule has 0 aromatic carbocycles. The summed E-state index contributed by atoms with van der Waals surface area (Å²) < 4.78 is 11.2. The largest absolute Gasteiger partial charge is 0.469 e. The fraction of sp³-hybridized carbons (Fsp3) is 0.750. The van der Waals surface area contributed by atoms with Crippen molar-refractivity contribution in [2.24, 2.45) is 22.7 Å². The average molecular weight is 442 g/mol. The van der Waals surface area contributed by atoms with E-state index in [2.05, 4.69) is 31.4 Å². The van der Waals surface area contributed by atoms with Crippen LogP contribution in [-0.2, 0) is 22.5 Å². The first kappa shape index (κ1) is 23.6. The van der Waals surface area contributed by atoms with Crippen LogP contribution in [0, 0.1) is 22.7 Å². The van der Waals surface area contributed by atoms with E-state index in [1.54, 1.807) is 7.11 Å². The Labute approximate surface area is 194 Å². The zero-order valence-electron chi connectivity index (χ0n) is 20.6. The van der Waals surface area contributed by atoms with Gasteiger partial charge in [-0.1, -0.05) is 38.3 Å². The number of allylic oxidation sites excluding steroid dienone is 1. The van der Waals surface area contributed by atoms with Crippen LogP contribution in [0.15, 0.2) is 28.9 Å². The first-order valence-electron chi connectivity index (χ1n) is 12.9. The lowest BCUT2D eigenvalue weighted by Crippen LogP contribution is -2.53. The summed E-state index contributed by atoms with van der Waals surface area (Å²) >= 11 is 0. The summed E-state index contributed by atoms with van der Waals surface area (Å²) in [6, 6.07) is 2.18. The Morgan fingerprint density at radius 2 is 1.94 bits per heavy atom. The number of hydrogen-bond acceptors (Lipinski definition) is 4. The minimum atomic E-state index is -0.367. The maximum Gasteiger partial charge on any atom is 0.311 e. The second kappa shape index (κ2) is 9.75. The van der Waals surface area contributed by atoms with Crippen LogP contribution in [-0.4, -0.2) is 31.1 Å². The third kappa shape index (κ3) is 4.44. The number of hydrogen-bond donors (Lipinski definition) is 0. The average Bonchev–Trinajstić information content (AvgIpc) is 3.04. The highest BCUT2D eigenvalue weighted by atomic mass is 16.5. The standard InChI is InChI=1S/C28H43NO3/c1-21-10-13-25-27(2,15-9-16-28(25,3)26(30)31-4)23(21)12-11-22-14-19-32-24(22)20-29-17-7-5-6-8-18-29/h14,19,23,25H,1,5-13,15-18,20H2,2-4H3/t23-,25+,27-,28-/m1/s1. The van der Waals surface area contributed by atoms with Crippen LogP contribution >= 0.6 is 0 Å². The third-order valence-electron chi connectivity index (χ3n) is 9.28. The molecule has 4 nitrogen and oxygen atoms in total. The van der Waals surface area contributed by atoms with Crippen molar-refractivity contribution in [3.8, 4) is 0 Å². The highest BCUT2D eigenvalue weighted by Gasteiger charge is 2.57. The highest BCUT2D eigenvalue weighted by Crippen LogP contribution is 2.62. The van der Waals surface area contributed by atoms with Gasteiger partial charge in [0.1, 0.15) is 5.76 Å². The van der Waals surface area contributed by atoms with E-state index in [1.165, 1.54) is 56.3 Å². The topological polar surface area (TPSA) is 42.7 Å². The Balaban J connectivity index is 1.48. The molecule has 4 rings (SSSR count). The second-order valence-electron chi connectivity index (χ2n) is 11.2. The van der Waals surface area contributed by atoms with Crippen LogP contribution in [0.4, 0.5) is 0 Å². The fourth-order valence-electron chi connectivity index (χ4n) is 7.49. The molecule has 2 heterocycles. The first-order valence-corrected chi connectivity index (χ1v) is 12.9. The number of rotatable bonds is 6. The van der Waals surface area contributed by atoms with E-state index in [4.69, 9.17) is 9.15 Å². The molecule has 0 radical (unpaired) electrons. The molecule has 178 valence electrons. The molecule has 0 N–H and O–H groups in total. The van der Waals surface area contributed by atoms with Crippen LogP contribution in [0.1, 0.15) is 89.4 Å². The second-order valence-corrected chi connectivity index (χ2v) is 11.2. The number of carbonyl (C=O) groups is 1. The summed E-state index contributed by atoms with van der Waals surface area (Å²) in [5.41, 5.74) is 2.49. The molecule has 1 aliphatic heterocycles. The van der Waals surface area contributed by atoms with Crippen molar-refractivity contribution >= 4 is 5.97 Å². The molecule has 0 bridgehead atoms. The van der Waals surface area contributed by atoms with Crippen LogP contribution < -0.4 is 0 Å². The molecule has 2 saturated carbocycles. The monoisotopic (exact) mass is 441 g/mol. The molecule has 1 aromatic rings. The summed E-state index contributed by atoms with van der Waals surface area (Å²) in [6.45, 7) is 12.4. The van der Waals surface area contributed by atoms with Crippen LogP contribution in [0.2, 0.25) is 0 Å². The van der Waals surface area contributed by atoms with Crippen molar-refractivity contribution < 1.29 is 13.9 Å². The van der Waals surface area contributed by atoms with Crippen molar-refractivity contribution in [3.63, 3.8) is 0 Å². The predicted molar refractivity (Wildman–Crippen MR) is 128 cm³/mol. The molecule has 4 heteroatoms. The summed E-state index contributed by atoms with van der Waals surface area (Å²) in [5.74, 6) is 1.95. The molecule has 3 aliphatic rings. The van der Waals surface area contributed by atoms with E-state index in [0.717, 1.165) is 50.8 Å². The van der Waals surface area contributed by atoms with Crippen molar-refractivity contribution in [1.82, 2.24) is 4.90 Å². The van der Waals surface area contributed by atoms with E-state index in [0.29, 0.717) is 11.8 Å². The normalized spacial score (nSPS) is 34.0. The van der Waals surface area contributed by atoms with Gasteiger partial charge in [0.05, 0.1) is 25.3 Å². The van der Waals surface area contributed by atoms with Gasteiger partial charge in [-0.3, -0.25) is 9.69 Å². The van der Waals surface area contributed by atoms with Gasteiger partial charge in [-0.25, -0.2) is 0 Å². The molecular weight excluding hydrogens is 398 g/mol. The van der Waals surface area contributed by atoms with Crippen LogP contribution in [0.5, 0.6) is 0 Å². The lowest BCUT2D eigenvalue weighted by molar-refractivity contribution is -0.168. The smallest absolute Gasteiger partial charge is 0.311 e. The zero-order valence-corrected chi connectivity index (χ0v) is 20.6. The van der Waals surface area contributed by atoms with Gasteiger partial charge in [0.25, 0.3) is 0 Å². The molecule has 0 amide bonds. The van der Waals surface area contributed by atoms with E-state index in [-0.39, 0.29) is 16.8 Å². The SMILES string of the molecule is C=C1CC[C@H]2[C@](C)(CCC[C@@]2(C)C(=O)OC)[C@@H]1CCc1ccoc1CN1CCCCCC1. The molecule has 1 saturated heterocycles. The quantitative estimate of drug-likeness (QED) is 0.371. The van der Waals surface area contributed by atoms with Gasteiger partial charge in [0.15, 0.2) is 0 Å². The summed E-state index contributed by atoms with van der Waals surface area (Å²) in [5, 5.41) is 0. The number of methoxy groups -OCH3 is 1. The Morgan fingerprint density at radius 1 is 1.19 bits per heavy atom. The highest BCUT2D eigenvalue weighted by molar-refractivity contribution is 5.77. The van der Waals surface area contributed by atoms with Gasteiger partial charge in [0, 0.05) is 0 Å². The molecule has 0 spiro atoms. The fourth-order valence-corrected chi connectivity index (χ4v) is 7.49. The minimum Gasteiger partial charge on any atom is -0.469 e. The van der Waals surface area contributed by atoms with Crippen molar-refractivity contribution in [2.45, 2.75) is 91.0 Å². The Bertz CT molecular complexity index is 805. The summed E-state index contributed by atoms with van der Waals surface area (Å²) in [6.07, 6.45) is 14.6. The van der Waals surface area contributed by atoms with Crippen molar-refractivity contribution in [2.75, 3.05) is 20.2 Å². The van der Waals surface area contributed by atoms with Crippen LogP contribution in [0.25, 0.3) is 0 Å². The van der Waals surface area contributed by atoms with Gasteiger partial charge >= 0.3 is 5.97 Å². The Morgan fingerprint density at radius 3 is 2.66 bits per heavy atom. The zero-order chi connectivity index (χ0) is 22.8. The van der Waals surface area contributed by atoms with E-state index in [1.807, 2.05) is 6.26 Å². The predicted octanol–water partition coefficient (Wildman–Crippen LogP) is 6.54. The van der Waals surface area contributed by atoms with Crippen molar-refractivity contribution in [1.29, 1.82) is 0 Å². The van der Waals surface area contributed by atoms with E-state index in [9.17, 15) is 4.79 Å².